The summed E-state index contributed by atoms with van der Waals surface area (Å²) in [6.07, 6.45) is 26.1. The zero-order valence-electron chi connectivity index (χ0n) is 23.7. The smallest absolute Gasteiger partial charge is 0.0147 e. The maximum absolute atomic E-state index is 2.82. The first-order valence-electron chi connectivity index (χ1n) is 15.4. The molecule has 0 aromatic carbocycles. The highest BCUT2D eigenvalue weighted by atomic mass is 14.7. The topological polar surface area (TPSA) is 0 Å². The fourth-order valence-corrected chi connectivity index (χ4v) is 10.8. The van der Waals surface area contributed by atoms with Crippen LogP contribution in [0.3, 0.4) is 0 Å². The molecule has 0 amide bonds. The number of hydrogen-bond acceptors (Lipinski definition) is 0. The first-order valence-corrected chi connectivity index (χ1v) is 15.4. The minimum absolute atomic E-state index is 0.570. The number of rotatable bonds is 6. The maximum Gasteiger partial charge on any atom is -0.0147 e. The number of hydrogen-bond donors (Lipinski definition) is 0. The van der Waals surface area contributed by atoms with Gasteiger partial charge < -0.3 is 0 Å². The average molecular weight is 455 g/mol. The van der Waals surface area contributed by atoms with E-state index in [0.717, 1.165) is 23.7 Å². The van der Waals surface area contributed by atoms with Crippen molar-refractivity contribution in [3.63, 3.8) is 0 Å². The fraction of sp³-hybridized carbons (Fsp3) is 0.939. The van der Waals surface area contributed by atoms with Crippen molar-refractivity contribution in [1.82, 2.24) is 0 Å². The van der Waals surface area contributed by atoms with Crippen molar-refractivity contribution in [3.8, 4) is 0 Å². The molecule has 0 aliphatic heterocycles. The molecule has 0 nitrogen and oxygen atoms in total. The van der Waals surface area contributed by atoms with Crippen molar-refractivity contribution < 1.29 is 0 Å². The standard InChI is InChI=1S/C33H58/c1-8-12-18-30(5)21-23-32(7)29-17-19-31(6)27(25(9-2)10-3)14-13-15-28(31)26(29)16-20-33(32,11-4)24-22-30/h9,26-29H,8,10-24H2,1-7H3/t26-,27?,28?,29-,30-,31+,32+,33+/m0/s1. The second kappa shape index (κ2) is 9.65. The molecule has 4 aliphatic rings. The molecule has 33 heavy (non-hydrogen) atoms. The van der Waals surface area contributed by atoms with Gasteiger partial charge in [0.15, 0.2) is 0 Å². The number of unbranched alkanes of at least 4 members (excludes halogenated alkanes) is 1. The van der Waals surface area contributed by atoms with E-state index in [4.69, 9.17) is 0 Å². The lowest BCUT2D eigenvalue weighted by Gasteiger charge is -2.66. The van der Waals surface area contributed by atoms with E-state index >= 15 is 0 Å². The van der Waals surface area contributed by atoms with Gasteiger partial charge in [-0.05, 0) is 136 Å². The van der Waals surface area contributed by atoms with E-state index < -0.39 is 0 Å². The Hall–Kier alpha value is -0.260. The van der Waals surface area contributed by atoms with E-state index in [-0.39, 0.29) is 0 Å². The quantitative estimate of drug-likeness (QED) is 0.350. The van der Waals surface area contributed by atoms with Gasteiger partial charge in [-0.15, -0.1) is 0 Å². The van der Waals surface area contributed by atoms with E-state index in [2.05, 4.69) is 54.5 Å². The second-order valence-electron chi connectivity index (χ2n) is 14.1. The lowest BCUT2D eigenvalue weighted by Crippen LogP contribution is -2.58. The lowest BCUT2D eigenvalue weighted by molar-refractivity contribution is -0.163. The summed E-state index contributed by atoms with van der Waals surface area (Å²) in [6.45, 7) is 17.9. The van der Waals surface area contributed by atoms with Gasteiger partial charge in [0.05, 0.1) is 0 Å². The Bertz CT molecular complexity index is 703. The van der Waals surface area contributed by atoms with Gasteiger partial charge in [-0.3, -0.25) is 0 Å². The summed E-state index contributed by atoms with van der Waals surface area (Å²) in [7, 11) is 0. The highest BCUT2D eigenvalue weighted by molar-refractivity contribution is 5.17. The predicted octanol–water partition coefficient (Wildman–Crippen LogP) is 10.8. The van der Waals surface area contributed by atoms with Crippen LogP contribution in [0.4, 0.5) is 0 Å². The van der Waals surface area contributed by atoms with Gasteiger partial charge in [0.1, 0.15) is 0 Å². The molecule has 0 aromatic heterocycles. The largest absolute Gasteiger partial charge is 0.0882 e. The molecule has 0 bridgehead atoms. The molecule has 0 saturated heterocycles. The molecular weight excluding hydrogens is 396 g/mol. The summed E-state index contributed by atoms with van der Waals surface area (Å²) >= 11 is 0. The molecule has 4 fully saturated rings. The summed E-state index contributed by atoms with van der Waals surface area (Å²) in [5.41, 5.74) is 4.16. The summed E-state index contributed by atoms with van der Waals surface area (Å²) in [5, 5.41) is 0. The fourth-order valence-electron chi connectivity index (χ4n) is 10.8. The van der Waals surface area contributed by atoms with Crippen LogP contribution in [0.1, 0.15) is 151 Å². The predicted molar refractivity (Wildman–Crippen MR) is 145 cm³/mol. The lowest BCUT2D eigenvalue weighted by atomic mass is 9.39. The van der Waals surface area contributed by atoms with Crippen molar-refractivity contribution in [2.75, 3.05) is 0 Å². The van der Waals surface area contributed by atoms with Crippen molar-refractivity contribution in [2.45, 2.75) is 151 Å². The average Bonchev–Trinajstić information content (AvgIpc) is 2.94. The first kappa shape index (κ1) is 25.8. The molecule has 0 N–H and O–H groups in total. The van der Waals surface area contributed by atoms with Crippen LogP contribution in [0.25, 0.3) is 0 Å². The summed E-state index contributed by atoms with van der Waals surface area (Å²) in [5.74, 6) is 3.85. The van der Waals surface area contributed by atoms with Crippen molar-refractivity contribution in [1.29, 1.82) is 0 Å². The summed E-state index contributed by atoms with van der Waals surface area (Å²) < 4.78 is 0. The molecule has 0 spiro atoms. The molecule has 4 rings (SSSR count). The Kier molecular flexibility index (Phi) is 7.55. The van der Waals surface area contributed by atoms with Gasteiger partial charge in [0.25, 0.3) is 0 Å². The SMILES string of the molecule is CC=C(CC)C1CCCC2[C@@H]3CC[C@]4(CC)CC[C@@](C)(CCCC)CC[C@]4(C)[C@H]3CC[C@]12C. The van der Waals surface area contributed by atoms with Crippen LogP contribution in [0.2, 0.25) is 0 Å². The molecule has 0 heteroatoms. The van der Waals surface area contributed by atoms with E-state index in [1.807, 2.05) is 0 Å². The third-order valence-electron chi connectivity index (χ3n) is 13.2. The number of allylic oxidation sites excluding steroid dienone is 2. The summed E-state index contributed by atoms with van der Waals surface area (Å²) in [4.78, 5) is 0. The van der Waals surface area contributed by atoms with Gasteiger partial charge in [0, 0.05) is 0 Å². The Morgan fingerprint density at radius 3 is 2.24 bits per heavy atom. The van der Waals surface area contributed by atoms with E-state index in [0.29, 0.717) is 21.7 Å². The molecule has 0 radical (unpaired) electrons. The highest BCUT2D eigenvalue weighted by Gasteiger charge is 2.62. The van der Waals surface area contributed by atoms with Crippen molar-refractivity contribution >= 4 is 0 Å². The Morgan fingerprint density at radius 1 is 0.818 bits per heavy atom. The highest BCUT2D eigenvalue weighted by Crippen LogP contribution is 2.71. The number of fused-ring (bicyclic) bond motifs is 5. The van der Waals surface area contributed by atoms with E-state index in [1.54, 1.807) is 12.0 Å². The van der Waals surface area contributed by atoms with Crippen LogP contribution in [0.15, 0.2) is 11.6 Å². The van der Waals surface area contributed by atoms with Gasteiger partial charge >= 0.3 is 0 Å². The van der Waals surface area contributed by atoms with Crippen LogP contribution < -0.4 is 0 Å². The molecule has 8 atom stereocenters. The molecule has 4 saturated carbocycles. The Morgan fingerprint density at radius 2 is 1.58 bits per heavy atom. The molecular formula is C33H58. The van der Waals surface area contributed by atoms with Crippen molar-refractivity contribution in [2.24, 2.45) is 45.3 Å². The normalized spacial score (nSPS) is 48.4. The third-order valence-corrected chi connectivity index (χ3v) is 13.2. The molecule has 0 heterocycles. The summed E-state index contributed by atoms with van der Waals surface area (Å²) in [6, 6.07) is 0. The minimum atomic E-state index is 0.570. The molecule has 2 unspecified atom stereocenters. The van der Waals surface area contributed by atoms with Crippen LogP contribution in [-0.4, -0.2) is 0 Å². The van der Waals surface area contributed by atoms with Gasteiger partial charge in [-0.25, -0.2) is 0 Å². The molecule has 190 valence electrons. The first-order chi connectivity index (χ1) is 15.7. The second-order valence-corrected chi connectivity index (χ2v) is 14.1. The third kappa shape index (κ3) is 4.10. The van der Waals surface area contributed by atoms with Gasteiger partial charge in [-0.2, -0.15) is 0 Å². The monoisotopic (exact) mass is 454 g/mol. The van der Waals surface area contributed by atoms with Gasteiger partial charge in [-0.1, -0.05) is 72.5 Å². The van der Waals surface area contributed by atoms with Crippen LogP contribution >= 0.6 is 0 Å². The van der Waals surface area contributed by atoms with Crippen LogP contribution in [0.5, 0.6) is 0 Å². The minimum Gasteiger partial charge on any atom is -0.0882 e. The van der Waals surface area contributed by atoms with E-state index in [9.17, 15) is 0 Å². The molecule has 4 aliphatic carbocycles. The van der Waals surface area contributed by atoms with Crippen LogP contribution in [0, 0.1) is 45.3 Å². The van der Waals surface area contributed by atoms with Crippen LogP contribution in [-0.2, 0) is 0 Å². The Labute approximate surface area is 208 Å². The Balaban J connectivity index is 1.64. The van der Waals surface area contributed by atoms with Crippen molar-refractivity contribution in [3.05, 3.63) is 11.6 Å². The zero-order chi connectivity index (χ0) is 23.9. The van der Waals surface area contributed by atoms with E-state index in [1.165, 1.54) is 96.3 Å². The zero-order valence-corrected chi connectivity index (χ0v) is 23.7. The maximum atomic E-state index is 2.82. The van der Waals surface area contributed by atoms with Gasteiger partial charge in [0.2, 0.25) is 0 Å². The molecule has 0 aromatic rings.